The van der Waals surface area contributed by atoms with Gasteiger partial charge in [0.05, 0.1) is 19.8 Å². The zero-order valence-electron chi connectivity index (χ0n) is 41.8. The van der Waals surface area contributed by atoms with Crippen molar-refractivity contribution in [3.05, 3.63) is 24.3 Å². The molecule has 374 valence electrons. The van der Waals surface area contributed by atoms with E-state index in [4.69, 9.17) is 24.3 Å². The Hall–Kier alpha value is -1.02. The summed E-state index contributed by atoms with van der Waals surface area (Å²) in [6.45, 7) is 4.96. The van der Waals surface area contributed by atoms with Crippen LogP contribution in [0.25, 0.3) is 0 Å². The number of hydrogen-bond acceptors (Lipinski definition) is 7. The van der Waals surface area contributed by atoms with E-state index in [0.29, 0.717) is 13.0 Å². The Morgan fingerprint density at radius 2 is 0.841 bits per heavy atom. The van der Waals surface area contributed by atoms with Crippen molar-refractivity contribution in [3.8, 4) is 0 Å². The molecule has 0 spiro atoms. The summed E-state index contributed by atoms with van der Waals surface area (Å²) in [5, 5.41) is 0. The van der Waals surface area contributed by atoms with Crippen molar-refractivity contribution >= 4 is 13.8 Å². The number of unbranched alkanes of at least 4 members (excludes halogenated alkanes) is 36. The number of rotatable bonds is 53. The first-order chi connectivity index (χ1) is 30.9. The molecule has 0 amide bonds. The van der Waals surface area contributed by atoms with E-state index in [1.807, 2.05) is 0 Å². The number of phosphoric ester groups is 1. The van der Waals surface area contributed by atoms with Crippen molar-refractivity contribution in [3.63, 3.8) is 0 Å². The standard InChI is InChI=1S/C54H106NO7P/c1-3-5-7-9-11-13-15-17-19-21-23-24-25-26-27-28-30-32-34-36-38-40-42-44-46-49-59-51-53(52-61-63(57,58)60-50-48-55)62-54(56)47-45-43-41-39-37-35-33-31-29-22-20-18-16-14-12-10-8-6-4-2/h12,14,18,20,53H,3-11,13,15-17,19,21-52,55H2,1-2H3,(H,57,58)/b14-12-,20-18-. The predicted octanol–water partition coefficient (Wildman–Crippen LogP) is 17.2. The second kappa shape index (κ2) is 52.0. The van der Waals surface area contributed by atoms with Crippen LogP contribution in [0.5, 0.6) is 0 Å². The maximum Gasteiger partial charge on any atom is 0.472 e. The fourth-order valence-corrected chi connectivity index (χ4v) is 8.85. The number of nitrogens with two attached hydrogens (primary N) is 1. The highest BCUT2D eigenvalue weighted by Gasteiger charge is 2.25. The minimum absolute atomic E-state index is 0.0938. The van der Waals surface area contributed by atoms with Gasteiger partial charge < -0.3 is 20.1 Å². The largest absolute Gasteiger partial charge is 0.472 e. The molecule has 0 heterocycles. The molecule has 0 saturated heterocycles. The number of carbonyl (C=O) groups is 1. The van der Waals surface area contributed by atoms with Crippen LogP contribution in [0.15, 0.2) is 24.3 Å². The molecule has 63 heavy (non-hydrogen) atoms. The molecule has 8 nitrogen and oxygen atoms in total. The maximum absolute atomic E-state index is 12.7. The molecule has 3 N–H and O–H groups in total. The Bertz CT molecular complexity index is 1020. The van der Waals surface area contributed by atoms with Crippen LogP contribution in [0.1, 0.15) is 277 Å². The lowest BCUT2D eigenvalue weighted by Gasteiger charge is -2.20. The molecule has 0 aliphatic rings. The van der Waals surface area contributed by atoms with Crippen molar-refractivity contribution in [2.75, 3.05) is 33.0 Å². The van der Waals surface area contributed by atoms with Gasteiger partial charge in [0, 0.05) is 19.6 Å². The Morgan fingerprint density at radius 1 is 0.476 bits per heavy atom. The highest BCUT2D eigenvalue weighted by Crippen LogP contribution is 2.43. The quantitative estimate of drug-likeness (QED) is 0.0268. The predicted molar refractivity (Wildman–Crippen MR) is 270 cm³/mol. The molecule has 0 radical (unpaired) electrons. The number of phosphoric acid groups is 1. The average molecular weight is 912 g/mol. The molecule has 0 aromatic rings. The van der Waals surface area contributed by atoms with Gasteiger partial charge in [0.25, 0.3) is 0 Å². The zero-order chi connectivity index (χ0) is 45.8. The van der Waals surface area contributed by atoms with Crippen molar-refractivity contribution in [2.45, 2.75) is 283 Å². The van der Waals surface area contributed by atoms with Gasteiger partial charge in [-0.2, -0.15) is 0 Å². The second-order valence-corrected chi connectivity index (χ2v) is 19.9. The second-order valence-electron chi connectivity index (χ2n) is 18.5. The average Bonchev–Trinajstić information content (AvgIpc) is 3.28. The zero-order valence-corrected chi connectivity index (χ0v) is 42.7. The van der Waals surface area contributed by atoms with Gasteiger partial charge in [-0.05, 0) is 44.9 Å². The number of carbonyl (C=O) groups excluding carboxylic acids is 1. The normalized spacial score (nSPS) is 13.4. The van der Waals surface area contributed by atoms with Crippen molar-refractivity contribution in [2.24, 2.45) is 5.73 Å². The third-order valence-corrected chi connectivity index (χ3v) is 13.1. The van der Waals surface area contributed by atoms with Crippen LogP contribution in [0.4, 0.5) is 0 Å². The summed E-state index contributed by atoms with van der Waals surface area (Å²) in [5.41, 5.74) is 5.40. The number of ether oxygens (including phenoxy) is 2. The van der Waals surface area contributed by atoms with Crippen LogP contribution in [0.2, 0.25) is 0 Å². The first-order valence-corrected chi connectivity index (χ1v) is 28.8. The lowest BCUT2D eigenvalue weighted by Crippen LogP contribution is -2.28. The summed E-state index contributed by atoms with van der Waals surface area (Å²) in [4.78, 5) is 22.6. The molecule has 0 aliphatic carbocycles. The summed E-state index contributed by atoms with van der Waals surface area (Å²) in [5.74, 6) is -0.329. The molecule has 0 aromatic heterocycles. The smallest absolute Gasteiger partial charge is 0.457 e. The van der Waals surface area contributed by atoms with Gasteiger partial charge in [-0.25, -0.2) is 4.57 Å². The molecule has 2 atom stereocenters. The van der Waals surface area contributed by atoms with E-state index < -0.39 is 13.9 Å². The minimum atomic E-state index is -4.28. The molecule has 0 fully saturated rings. The van der Waals surface area contributed by atoms with Crippen LogP contribution in [-0.4, -0.2) is 49.9 Å². The van der Waals surface area contributed by atoms with Crippen molar-refractivity contribution in [1.82, 2.24) is 0 Å². The monoisotopic (exact) mass is 912 g/mol. The van der Waals surface area contributed by atoms with E-state index in [1.165, 1.54) is 218 Å². The number of hydrogen-bond donors (Lipinski definition) is 2. The summed E-state index contributed by atoms with van der Waals surface area (Å²) in [6.07, 6.45) is 60.8. The van der Waals surface area contributed by atoms with E-state index in [9.17, 15) is 14.3 Å². The van der Waals surface area contributed by atoms with E-state index in [1.54, 1.807) is 0 Å². The number of esters is 1. The molecule has 2 unspecified atom stereocenters. The Labute approximate surface area is 391 Å². The van der Waals surface area contributed by atoms with Gasteiger partial charge in [-0.15, -0.1) is 0 Å². The SMILES string of the molecule is CCCCC/C=C\C/C=C\CCCCCCCCCCCC(=O)OC(COCCCCCCCCCCCCCCCCCCCCCCCCCCC)COP(=O)(O)OCCN. The third kappa shape index (κ3) is 51.8. The van der Waals surface area contributed by atoms with Gasteiger partial charge in [-0.3, -0.25) is 13.8 Å². The summed E-state index contributed by atoms with van der Waals surface area (Å²) in [7, 11) is -4.28. The third-order valence-electron chi connectivity index (χ3n) is 12.1. The van der Waals surface area contributed by atoms with E-state index in [0.717, 1.165) is 38.5 Å². The highest BCUT2D eigenvalue weighted by molar-refractivity contribution is 7.47. The fraction of sp³-hybridized carbons (Fsp3) is 0.907. The van der Waals surface area contributed by atoms with Gasteiger partial charge in [0.1, 0.15) is 6.10 Å². The first-order valence-electron chi connectivity index (χ1n) is 27.3. The molecule has 0 rings (SSSR count). The molecule has 9 heteroatoms. The molecule has 0 saturated carbocycles. The van der Waals surface area contributed by atoms with E-state index in [-0.39, 0.29) is 32.3 Å². The molecular weight excluding hydrogens is 806 g/mol. The first kappa shape index (κ1) is 62.0. The van der Waals surface area contributed by atoms with Crippen LogP contribution in [0, 0.1) is 0 Å². The van der Waals surface area contributed by atoms with Crippen LogP contribution in [-0.2, 0) is 27.9 Å². The molecule has 0 bridgehead atoms. The molecular formula is C54H106NO7P. The highest BCUT2D eigenvalue weighted by atomic mass is 31.2. The molecule has 0 aromatic carbocycles. The fourth-order valence-electron chi connectivity index (χ4n) is 8.09. The van der Waals surface area contributed by atoms with Gasteiger partial charge in [0.2, 0.25) is 0 Å². The van der Waals surface area contributed by atoms with Gasteiger partial charge in [0.15, 0.2) is 0 Å². The van der Waals surface area contributed by atoms with Gasteiger partial charge >= 0.3 is 13.8 Å². The molecule has 0 aliphatic heterocycles. The van der Waals surface area contributed by atoms with Crippen LogP contribution >= 0.6 is 7.82 Å². The van der Waals surface area contributed by atoms with Crippen molar-refractivity contribution < 1.29 is 32.8 Å². The van der Waals surface area contributed by atoms with Crippen LogP contribution < -0.4 is 5.73 Å². The summed E-state index contributed by atoms with van der Waals surface area (Å²) >= 11 is 0. The lowest BCUT2D eigenvalue weighted by atomic mass is 10.0. The van der Waals surface area contributed by atoms with Gasteiger partial charge in [-0.1, -0.05) is 250 Å². The topological polar surface area (TPSA) is 117 Å². The Balaban J connectivity index is 3.85. The summed E-state index contributed by atoms with van der Waals surface area (Å²) < 4.78 is 33.6. The Kier molecular flexibility index (Phi) is 51.1. The summed E-state index contributed by atoms with van der Waals surface area (Å²) in [6, 6.07) is 0. The number of allylic oxidation sites excluding steroid dienone is 4. The van der Waals surface area contributed by atoms with E-state index in [2.05, 4.69) is 38.2 Å². The van der Waals surface area contributed by atoms with Crippen LogP contribution in [0.3, 0.4) is 0 Å². The lowest BCUT2D eigenvalue weighted by molar-refractivity contribution is -0.154. The Morgan fingerprint density at radius 3 is 1.27 bits per heavy atom. The minimum Gasteiger partial charge on any atom is -0.457 e. The van der Waals surface area contributed by atoms with Crippen molar-refractivity contribution in [1.29, 1.82) is 0 Å². The van der Waals surface area contributed by atoms with E-state index >= 15 is 0 Å². The maximum atomic E-state index is 12.7.